The molecule has 0 unspecified atom stereocenters. The Labute approximate surface area is 148 Å². The molecule has 1 aromatic carbocycles. The average molecular weight is 353 g/mol. The molecule has 0 saturated heterocycles. The highest BCUT2D eigenvalue weighted by Crippen LogP contribution is 2.39. The predicted octanol–water partition coefficient (Wildman–Crippen LogP) is 4.32. The second-order valence-electron chi connectivity index (χ2n) is 5.75. The van der Waals surface area contributed by atoms with E-state index < -0.39 is 5.92 Å². The topological polar surface area (TPSA) is 62.5 Å². The third kappa shape index (κ3) is 2.58. The molecule has 0 bridgehead atoms. The Morgan fingerprint density at radius 3 is 2.83 bits per heavy atom. The summed E-state index contributed by atoms with van der Waals surface area (Å²) in [4.78, 5) is 14.3. The smallest absolute Gasteiger partial charge is 0.222 e. The molecule has 0 amide bonds. The van der Waals surface area contributed by atoms with E-state index >= 15 is 0 Å². The standard InChI is InChI=1S/C18H13ClN4S/c1-10-8-14(22-18(19)21-10)13(9-20)17-23-16-12-5-3-2-4-11(12)6-7-15(16)24-17/h2-5,8,13H,6-7H2,1H3/t13-/m1/s1. The van der Waals surface area contributed by atoms with Crippen molar-refractivity contribution < 1.29 is 0 Å². The Morgan fingerprint density at radius 2 is 2.04 bits per heavy atom. The highest BCUT2D eigenvalue weighted by atomic mass is 35.5. The predicted molar refractivity (Wildman–Crippen MR) is 94.2 cm³/mol. The van der Waals surface area contributed by atoms with E-state index in [2.05, 4.69) is 34.2 Å². The minimum absolute atomic E-state index is 0.164. The SMILES string of the molecule is Cc1cc([C@@H](C#N)c2nc3c(s2)CCc2ccccc2-3)nc(Cl)n1. The van der Waals surface area contributed by atoms with E-state index in [-0.39, 0.29) is 5.28 Å². The van der Waals surface area contributed by atoms with Crippen LogP contribution in [-0.2, 0) is 12.8 Å². The first kappa shape index (κ1) is 15.3. The van der Waals surface area contributed by atoms with Gasteiger partial charge in [0, 0.05) is 16.1 Å². The van der Waals surface area contributed by atoms with Gasteiger partial charge in [-0.15, -0.1) is 11.3 Å². The first-order valence-corrected chi connectivity index (χ1v) is 8.83. The number of hydrogen-bond donors (Lipinski definition) is 0. The van der Waals surface area contributed by atoms with Crippen molar-refractivity contribution in [2.24, 2.45) is 0 Å². The number of nitrogens with zero attached hydrogens (tertiary/aromatic N) is 4. The molecular weight excluding hydrogens is 340 g/mol. The van der Waals surface area contributed by atoms with Crippen LogP contribution in [0.15, 0.2) is 30.3 Å². The zero-order chi connectivity index (χ0) is 16.7. The summed E-state index contributed by atoms with van der Waals surface area (Å²) in [5.74, 6) is -0.521. The summed E-state index contributed by atoms with van der Waals surface area (Å²) in [6, 6.07) is 12.5. The highest BCUT2D eigenvalue weighted by Gasteiger charge is 2.26. The van der Waals surface area contributed by atoms with Gasteiger partial charge in [-0.2, -0.15) is 5.26 Å². The fourth-order valence-corrected chi connectivity index (χ4v) is 4.41. The zero-order valence-corrected chi connectivity index (χ0v) is 14.5. The first-order valence-electron chi connectivity index (χ1n) is 7.64. The van der Waals surface area contributed by atoms with Crippen molar-refractivity contribution >= 4 is 22.9 Å². The highest BCUT2D eigenvalue weighted by molar-refractivity contribution is 7.12. The molecule has 4 nitrogen and oxygen atoms in total. The van der Waals surface area contributed by atoms with E-state index in [0.29, 0.717) is 5.69 Å². The number of nitriles is 1. The molecule has 0 aliphatic heterocycles. The van der Waals surface area contributed by atoms with E-state index in [4.69, 9.17) is 16.6 Å². The van der Waals surface area contributed by atoms with Crippen LogP contribution in [0.1, 0.15) is 32.8 Å². The summed E-state index contributed by atoms with van der Waals surface area (Å²) in [5.41, 5.74) is 4.85. The normalized spacial score (nSPS) is 13.7. The maximum Gasteiger partial charge on any atom is 0.222 e. The van der Waals surface area contributed by atoms with E-state index in [1.54, 1.807) is 17.4 Å². The van der Waals surface area contributed by atoms with Gasteiger partial charge in [0.05, 0.1) is 17.5 Å². The lowest BCUT2D eigenvalue weighted by molar-refractivity contribution is 0.914. The van der Waals surface area contributed by atoms with Crippen LogP contribution in [-0.4, -0.2) is 15.0 Å². The van der Waals surface area contributed by atoms with Crippen LogP contribution in [0, 0.1) is 18.3 Å². The molecule has 24 heavy (non-hydrogen) atoms. The van der Waals surface area contributed by atoms with Crippen LogP contribution in [0.2, 0.25) is 5.28 Å². The Bertz CT molecular complexity index is 953. The molecule has 1 atom stereocenters. The second kappa shape index (κ2) is 5.97. The first-order chi connectivity index (χ1) is 11.7. The van der Waals surface area contributed by atoms with Gasteiger partial charge in [0.25, 0.3) is 0 Å². The van der Waals surface area contributed by atoms with Gasteiger partial charge in [0.2, 0.25) is 5.28 Å². The monoisotopic (exact) mass is 352 g/mol. The third-order valence-electron chi connectivity index (χ3n) is 4.13. The van der Waals surface area contributed by atoms with Crippen LogP contribution in [0.25, 0.3) is 11.3 Å². The number of thiazole rings is 1. The van der Waals surface area contributed by atoms with Crippen molar-refractivity contribution in [2.45, 2.75) is 25.7 Å². The lowest BCUT2D eigenvalue weighted by Crippen LogP contribution is -2.03. The molecule has 0 saturated carbocycles. The molecule has 6 heteroatoms. The summed E-state index contributed by atoms with van der Waals surface area (Å²) in [6.07, 6.45) is 1.98. The number of rotatable bonds is 2. The van der Waals surface area contributed by atoms with E-state index in [1.807, 2.05) is 13.0 Å². The van der Waals surface area contributed by atoms with Crippen LogP contribution in [0.5, 0.6) is 0 Å². The number of aromatic nitrogens is 3. The van der Waals surface area contributed by atoms with Crippen LogP contribution >= 0.6 is 22.9 Å². The molecule has 2 aromatic heterocycles. The van der Waals surface area contributed by atoms with Crippen LogP contribution in [0.3, 0.4) is 0 Å². The Balaban J connectivity index is 1.81. The second-order valence-corrected chi connectivity index (χ2v) is 7.20. The largest absolute Gasteiger partial charge is 0.239 e. The van der Waals surface area contributed by atoms with Crippen LogP contribution < -0.4 is 0 Å². The number of benzene rings is 1. The molecule has 0 radical (unpaired) electrons. The number of fused-ring (bicyclic) bond motifs is 3. The third-order valence-corrected chi connectivity index (χ3v) is 5.48. The lowest BCUT2D eigenvalue weighted by atomic mass is 9.94. The molecule has 0 N–H and O–H groups in total. The van der Waals surface area contributed by atoms with E-state index in [1.165, 1.54) is 16.0 Å². The zero-order valence-electron chi connectivity index (χ0n) is 13.0. The molecule has 1 aliphatic carbocycles. The summed E-state index contributed by atoms with van der Waals surface area (Å²) >= 11 is 7.56. The van der Waals surface area contributed by atoms with Gasteiger partial charge >= 0.3 is 0 Å². The van der Waals surface area contributed by atoms with Gasteiger partial charge in [0.1, 0.15) is 10.9 Å². The molecule has 1 aliphatic rings. The van der Waals surface area contributed by atoms with Gasteiger partial charge in [-0.25, -0.2) is 15.0 Å². The molecule has 118 valence electrons. The Morgan fingerprint density at radius 1 is 1.21 bits per heavy atom. The van der Waals surface area contributed by atoms with Crippen molar-refractivity contribution in [3.8, 4) is 17.3 Å². The minimum Gasteiger partial charge on any atom is -0.239 e. The van der Waals surface area contributed by atoms with E-state index in [0.717, 1.165) is 29.2 Å². The van der Waals surface area contributed by atoms with Crippen molar-refractivity contribution in [2.75, 3.05) is 0 Å². The molecule has 0 spiro atoms. The average Bonchev–Trinajstić information content (AvgIpc) is 2.99. The maximum atomic E-state index is 9.68. The number of aryl methyl sites for hydroxylation is 3. The Hall–Kier alpha value is -2.29. The fraction of sp³-hybridized carbons (Fsp3) is 0.222. The van der Waals surface area contributed by atoms with Gasteiger partial charge in [-0.05, 0) is 43.0 Å². The maximum absolute atomic E-state index is 9.68. The molecular formula is C18H13ClN4S. The summed E-state index contributed by atoms with van der Waals surface area (Å²) in [7, 11) is 0. The quantitative estimate of drug-likeness (QED) is 0.644. The van der Waals surface area contributed by atoms with E-state index in [9.17, 15) is 5.26 Å². The summed E-state index contributed by atoms with van der Waals surface area (Å²) < 4.78 is 0. The minimum atomic E-state index is -0.521. The molecule has 4 rings (SSSR count). The number of halogens is 1. The van der Waals surface area contributed by atoms with Crippen molar-refractivity contribution in [3.05, 3.63) is 62.5 Å². The van der Waals surface area contributed by atoms with Crippen LogP contribution in [0.4, 0.5) is 0 Å². The van der Waals surface area contributed by atoms with Gasteiger partial charge < -0.3 is 0 Å². The van der Waals surface area contributed by atoms with Crippen molar-refractivity contribution in [1.29, 1.82) is 5.26 Å². The van der Waals surface area contributed by atoms with Gasteiger partial charge in [-0.3, -0.25) is 0 Å². The molecule has 0 fully saturated rings. The fourth-order valence-electron chi connectivity index (χ4n) is 3.04. The summed E-state index contributed by atoms with van der Waals surface area (Å²) in [6.45, 7) is 1.84. The van der Waals surface area contributed by atoms with Crippen molar-refractivity contribution in [1.82, 2.24) is 15.0 Å². The molecule has 2 heterocycles. The number of hydrogen-bond acceptors (Lipinski definition) is 5. The summed E-state index contributed by atoms with van der Waals surface area (Å²) in [5, 5.41) is 10.6. The van der Waals surface area contributed by atoms with Gasteiger partial charge in [0.15, 0.2) is 0 Å². The van der Waals surface area contributed by atoms with Gasteiger partial charge in [-0.1, -0.05) is 24.3 Å². The molecule has 3 aromatic rings. The Kier molecular flexibility index (Phi) is 3.79. The van der Waals surface area contributed by atoms with Crippen molar-refractivity contribution in [3.63, 3.8) is 0 Å². The lowest BCUT2D eigenvalue weighted by Gasteiger charge is -2.13.